The number of rotatable bonds is 12. The first-order valence-electron chi connectivity index (χ1n) is 48.3. The number of hydrogen-bond acceptors (Lipinski definition) is 9. The molecular weight excluding hydrogens is 1790 g/mol. The maximum atomic E-state index is 13.7. The van der Waals surface area contributed by atoms with Crippen LogP contribution in [0.3, 0.4) is 0 Å². The van der Waals surface area contributed by atoms with Gasteiger partial charge in [0.1, 0.15) is 5.65 Å². The van der Waals surface area contributed by atoms with Crippen LogP contribution in [0.15, 0.2) is 468 Å². The Labute approximate surface area is 827 Å². The molecule has 0 bridgehead atoms. The van der Waals surface area contributed by atoms with Crippen LogP contribution in [-0.4, -0.2) is 58.6 Å². The summed E-state index contributed by atoms with van der Waals surface area (Å²) in [5.74, 6) is 0. The van der Waals surface area contributed by atoms with Gasteiger partial charge in [-0.05, 0) is 300 Å². The predicted octanol–water partition coefficient (Wildman–Crippen LogP) is 33.6. The fourth-order valence-corrected chi connectivity index (χ4v) is 22.2. The van der Waals surface area contributed by atoms with Gasteiger partial charge in [0.05, 0.1) is 89.9 Å². The van der Waals surface area contributed by atoms with Gasteiger partial charge >= 0.3 is 6.18 Å². The van der Waals surface area contributed by atoms with E-state index in [1.165, 1.54) is 126 Å². The molecule has 30 rings (SSSR count). The molecular formula is C130H77F3N12. The Morgan fingerprint density at radius 3 is 1.11 bits per heavy atom. The van der Waals surface area contributed by atoms with Crippen LogP contribution in [0.2, 0.25) is 0 Å². The molecule has 18 aromatic carbocycles. The minimum Gasteiger partial charge on any atom is -0.309 e. The van der Waals surface area contributed by atoms with E-state index in [-0.39, 0.29) is 0 Å². The molecule has 12 aromatic heterocycles. The molecule has 0 spiro atoms. The number of pyridine rings is 9. The van der Waals surface area contributed by atoms with Gasteiger partial charge in [-0.1, -0.05) is 255 Å². The topological polar surface area (TPSA) is 131 Å². The van der Waals surface area contributed by atoms with Crippen molar-refractivity contribution in [3.8, 4) is 118 Å². The van der Waals surface area contributed by atoms with E-state index in [1.807, 2.05) is 127 Å². The third-order valence-electron chi connectivity index (χ3n) is 28.8. The Morgan fingerprint density at radius 2 is 0.586 bits per heavy atom. The van der Waals surface area contributed by atoms with E-state index in [2.05, 4.69) is 338 Å². The van der Waals surface area contributed by atoms with E-state index >= 15 is 0 Å². The monoisotopic (exact) mass is 1860 g/mol. The minimum absolute atomic E-state index is 0.455. The number of benzene rings is 18. The highest BCUT2D eigenvalue weighted by Gasteiger charge is 2.32. The molecule has 145 heavy (non-hydrogen) atoms. The van der Waals surface area contributed by atoms with Gasteiger partial charge in [-0.2, -0.15) is 13.2 Å². The number of fused-ring (bicyclic) bond motifs is 9. The fraction of sp³-hybridized carbons (Fsp3) is 0.00769. The zero-order chi connectivity index (χ0) is 96.1. The molecule has 15 heteroatoms. The summed E-state index contributed by atoms with van der Waals surface area (Å²) < 4.78 is 47.5. The minimum atomic E-state index is -4.45. The molecule has 12 nitrogen and oxygen atoms in total. The van der Waals surface area contributed by atoms with E-state index in [0.29, 0.717) is 16.4 Å². The van der Waals surface area contributed by atoms with Crippen molar-refractivity contribution in [1.82, 2.24) is 58.6 Å². The maximum absolute atomic E-state index is 13.7. The van der Waals surface area contributed by atoms with Gasteiger partial charge in [0.2, 0.25) is 0 Å². The Bertz CT molecular complexity index is 10200. The lowest BCUT2D eigenvalue weighted by molar-refractivity contribution is -0.137. The second-order valence-corrected chi connectivity index (χ2v) is 37.0. The van der Waals surface area contributed by atoms with Crippen molar-refractivity contribution in [2.45, 2.75) is 6.18 Å². The van der Waals surface area contributed by atoms with Gasteiger partial charge in [-0.3, -0.25) is 29.5 Å². The molecule has 30 aromatic rings. The highest BCUT2D eigenvalue weighted by atomic mass is 19.4. The van der Waals surface area contributed by atoms with Gasteiger partial charge in [-0.15, -0.1) is 0 Å². The van der Waals surface area contributed by atoms with E-state index < -0.39 is 11.7 Å². The molecule has 0 aliphatic rings. The third kappa shape index (κ3) is 14.2. The summed E-state index contributed by atoms with van der Waals surface area (Å²) in [5.41, 5.74) is 25.8. The summed E-state index contributed by atoms with van der Waals surface area (Å²) in [6.45, 7) is 0. The summed E-state index contributed by atoms with van der Waals surface area (Å²) in [5, 5.41) is 27.5. The molecule has 0 radical (unpaired) electrons. The van der Waals surface area contributed by atoms with E-state index in [1.54, 1.807) is 18.5 Å². The van der Waals surface area contributed by atoms with E-state index in [0.717, 1.165) is 157 Å². The van der Waals surface area contributed by atoms with E-state index in [4.69, 9.17) is 24.9 Å². The first-order valence-corrected chi connectivity index (χ1v) is 48.3. The van der Waals surface area contributed by atoms with Gasteiger partial charge < -0.3 is 9.13 Å². The number of hydrogen-bond donors (Lipinski definition) is 0. The normalized spacial score (nSPS) is 12.0. The number of alkyl halides is 3. The molecule has 0 atom stereocenters. The lowest BCUT2D eigenvalue weighted by Gasteiger charge is -2.16. The molecule has 0 unspecified atom stereocenters. The van der Waals surface area contributed by atoms with Crippen molar-refractivity contribution in [3.05, 3.63) is 474 Å². The number of aromatic nitrogens is 12. The van der Waals surface area contributed by atoms with Crippen LogP contribution >= 0.6 is 0 Å². The van der Waals surface area contributed by atoms with Crippen molar-refractivity contribution in [2.75, 3.05) is 0 Å². The van der Waals surface area contributed by atoms with Crippen LogP contribution in [0.5, 0.6) is 0 Å². The van der Waals surface area contributed by atoms with Crippen molar-refractivity contribution in [1.29, 1.82) is 0 Å². The van der Waals surface area contributed by atoms with Crippen LogP contribution in [0.4, 0.5) is 13.2 Å². The Balaban J connectivity index is 0.000000106. The van der Waals surface area contributed by atoms with Gasteiger partial charge in [0.25, 0.3) is 0 Å². The van der Waals surface area contributed by atoms with Crippen molar-refractivity contribution < 1.29 is 13.2 Å². The summed E-state index contributed by atoms with van der Waals surface area (Å²) in [6, 6.07) is 147. The third-order valence-corrected chi connectivity index (χ3v) is 28.8. The SMILES string of the molecule is FC(F)(F)c1ccc2c(c1)c1ncccc1n2-c1ccc(-c2cc(-c3ccccn3)nc(-c3ccc4ccc5cccc6ccc3c4c56)c2)cc1.c1ccc(-c2cc(-c3ccc(-n4c5ccccc5c5cnccc54)cc3)cc(-c3ccc4ccc5cccc6ccc3c4c56)n2)nc1.c1ccc(-c2cc(-c3ccc4ccc5cccc6ccc3c4c56)cc(-c3cccc(-n4c5ccccc5c5cccnc54)c3)n2)nc1. The summed E-state index contributed by atoms with van der Waals surface area (Å²) in [4.78, 5) is 43.3. The lowest BCUT2D eigenvalue weighted by atomic mass is 9.89. The fourth-order valence-electron chi connectivity index (χ4n) is 22.2. The highest BCUT2D eigenvalue weighted by molar-refractivity contribution is 6.29. The van der Waals surface area contributed by atoms with Crippen molar-refractivity contribution in [3.63, 3.8) is 0 Å². The average molecular weight is 1860 g/mol. The Hall–Kier alpha value is -19.4. The van der Waals surface area contributed by atoms with Crippen LogP contribution in [0, 0.1) is 0 Å². The largest absolute Gasteiger partial charge is 0.416 e. The van der Waals surface area contributed by atoms with Crippen molar-refractivity contribution >= 4 is 163 Å². The molecule has 0 N–H and O–H groups in total. The summed E-state index contributed by atoms with van der Waals surface area (Å²) in [6.07, 6.45) is 8.27. The average Bonchev–Trinajstić information content (AvgIpc) is 0.906. The molecule has 0 fully saturated rings. The second-order valence-electron chi connectivity index (χ2n) is 37.0. The molecule has 0 aliphatic carbocycles. The highest BCUT2D eigenvalue weighted by Crippen LogP contribution is 2.48. The first-order chi connectivity index (χ1) is 71.5. The molecule has 678 valence electrons. The molecule has 12 heterocycles. The quantitative estimate of drug-likeness (QED) is 0.110. The maximum Gasteiger partial charge on any atom is 0.416 e. The van der Waals surface area contributed by atoms with Gasteiger partial charge in [0, 0.05) is 104 Å². The molecule has 0 amide bonds. The molecule has 0 saturated carbocycles. The first kappa shape index (κ1) is 83.8. The smallest absolute Gasteiger partial charge is 0.309 e. The Morgan fingerprint density at radius 1 is 0.193 bits per heavy atom. The predicted molar refractivity (Wildman–Crippen MR) is 588 cm³/mol. The van der Waals surface area contributed by atoms with Crippen LogP contribution in [-0.2, 0) is 6.18 Å². The lowest BCUT2D eigenvalue weighted by Crippen LogP contribution is -2.04. The zero-order valence-electron chi connectivity index (χ0n) is 77.5. The van der Waals surface area contributed by atoms with Crippen LogP contribution in [0.1, 0.15) is 5.56 Å². The van der Waals surface area contributed by atoms with Gasteiger partial charge in [0.15, 0.2) is 0 Å². The number of halogens is 3. The Kier molecular flexibility index (Phi) is 19.5. The van der Waals surface area contributed by atoms with Crippen LogP contribution in [0.25, 0.3) is 281 Å². The molecule has 0 aliphatic heterocycles. The van der Waals surface area contributed by atoms with Crippen molar-refractivity contribution in [2.24, 2.45) is 0 Å². The number of para-hydroxylation sites is 2. The number of nitrogens with zero attached hydrogens (tertiary/aromatic N) is 12. The second kappa shape index (κ2) is 33.7. The molecule has 0 saturated heterocycles. The summed E-state index contributed by atoms with van der Waals surface area (Å²) in [7, 11) is 0. The van der Waals surface area contributed by atoms with Gasteiger partial charge in [-0.25, -0.2) is 19.9 Å². The standard InChI is InChI=1S/C44H25F3N4.2C43H26N4/c45-44(46,47)31-15-20-39-35(25-31)43-40(8-4-22-49-43)51(39)32-16-11-26(12-17-32)30-23-37(50-38(24-30)36-7-1-2-21-48-36)33-18-13-29-10-9-27-5-3-6-28-14-19-34(33)42(29)41(27)28;1-2-15-40-34(12-1)36-13-7-23-45-43(36)47(40)32-11-6-10-30(24-32)38-25-31(26-39(46-38)37-14-3-4-22-44-37)33-20-18-29-17-16-27-8-5-9-28-19-21-35(33)42(29)41(27)28;1-2-10-40-34(8-1)36-26-44-23-21-41(36)47(40)32-17-13-27(14-18-32)31-24-38(46-39(25-31)37-9-3-4-22-45-37)33-19-15-30-12-11-28-6-5-7-29-16-20-35(33)43(30)42(28)29/h1-25H;2*1-26H. The van der Waals surface area contributed by atoms with Crippen LogP contribution < -0.4 is 0 Å². The summed E-state index contributed by atoms with van der Waals surface area (Å²) >= 11 is 0. The van der Waals surface area contributed by atoms with E-state index in [9.17, 15) is 13.2 Å². The zero-order valence-corrected chi connectivity index (χ0v) is 77.5.